The van der Waals surface area contributed by atoms with E-state index in [1.54, 1.807) is 12.1 Å². The zero-order valence-electron chi connectivity index (χ0n) is 9.22. The third-order valence-corrected chi connectivity index (χ3v) is 2.46. The molecule has 0 unspecified atom stereocenters. The van der Waals surface area contributed by atoms with Gasteiger partial charge in [0.15, 0.2) is 0 Å². The number of rotatable bonds is 3. The van der Waals surface area contributed by atoms with Gasteiger partial charge < -0.3 is 4.57 Å². The topological polar surface area (TPSA) is 59.8 Å². The van der Waals surface area contributed by atoms with E-state index >= 15 is 0 Å². The second-order valence-electron chi connectivity index (χ2n) is 3.34. The Balaban J connectivity index is 2.17. The number of hydrogen-bond acceptors (Lipinski definition) is 3. The van der Waals surface area contributed by atoms with E-state index < -0.39 is 0 Å². The van der Waals surface area contributed by atoms with Gasteiger partial charge in [-0.1, -0.05) is 11.6 Å². The number of nitrogens with zero attached hydrogens (tertiary/aromatic N) is 3. The minimum Gasteiger partial charge on any atom is -0.344 e. The van der Waals surface area contributed by atoms with E-state index in [1.807, 2.05) is 23.8 Å². The third-order valence-electron chi connectivity index (χ3n) is 2.25. The maximum atomic E-state index is 11.9. The Hall–Kier alpha value is -1.88. The number of aryl methyl sites for hydroxylation is 1. The number of hydrogen-bond donors (Lipinski definition) is 1. The number of nitrogens with one attached hydrogen (secondary N) is 1. The summed E-state index contributed by atoms with van der Waals surface area (Å²) in [5.74, 6) is -0.0505. The predicted octanol–water partition coefficient (Wildman–Crippen LogP) is 2.20. The van der Waals surface area contributed by atoms with Gasteiger partial charge in [0.2, 0.25) is 5.95 Å². The lowest BCUT2D eigenvalue weighted by Gasteiger charge is -2.06. The molecular weight excluding hydrogens is 240 g/mol. The van der Waals surface area contributed by atoms with Gasteiger partial charge in [0.05, 0.1) is 0 Å². The number of amides is 1. The number of halogens is 1. The molecule has 0 saturated heterocycles. The minimum absolute atomic E-state index is 0.200. The summed E-state index contributed by atoms with van der Waals surface area (Å²) in [6, 6.07) is 5.10. The van der Waals surface area contributed by atoms with Crippen molar-refractivity contribution in [3.63, 3.8) is 0 Å². The molecule has 0 aliphatic rings. The lowest BCUT2D eigenvalue weighted by Crippen LogP contribution is -2.17. The molecule has 2 aromatic rings. The van der Waals surface area contributed by atoms with E-state index in [4.69, 9.17) is 11.6 Å². The van der Waals surface area contributed by atoms with Gasteiger partial charge in [-0.25, -0.2) is 9.97 Å². The molecule has 0 bridgehead atoms. The van der Waals surface area contributed by atoms with E-state index in [2.05, 4.69) is 15.3 Å². The number of carbonyl (C=O) groups is 1. The first kappa shape index (κ1) is 11.6. The summed E-state index contributed by atoms with van der Waals surface area (Å²) in [5.41, 5.74) is 0.566. The van der Waals surface area contributed by atoms with E-state index in [0.29, 0.717) is 10.8 Å². The molecule has 5 nitrogen and oxygen atoms in total. The number of carbonyl (C=O) groups excluding carboxylic acids is 1. The van der Waals surface area contributed by atoms with Gasteiger partial charge >= 0.3 is 0 Å². The Kier molecular flexibility index (Phi) is 3.39. The van der Waals surface area contributed by atoms with Crippen molar-refractivity contribution in [2.75, 3.05) is 5.32 Å². The Labute approximate surface area is 103 Å². The highest BCUT2D eigenvalue weighted by Crippen LogP contribution is 2.08. The van der Waals surface area contributed by atoms with Crippen LogP contribution in [0.15, 0.2) is 30.6 Å². The van der Waals surface area contributed by atoms with Crippen molar-refractivity contribution in [2.24, 2.45) is 0 Å². The largest absolute Gasteiger partial charge is 0.344 e. The summed E-state index contributed by atoms with van der Waals surface area (Å²) >= 11 is 5.70. The maximum absolute atomic E-state index is 11.9. The van der Waals surface area contributed by atoms with Gasteiger partial charge in [-0.15, -0.1) is 0 Å². The molecule has 1 N–H and O–H groups in total. The zero-order valence-corrected chi connectivity index (χ0v) is 9.98. The van der Waals surface area contributed by atoms with Crippen molar-refractivity contribution in [3.05, 3.63) is 41.4 Å². The fourth-order valence-corrected chi connectivity index (χ4v) is 1.59. The number of anilines is 1. The van der Waals surface area contributed by atoms with Gasteiger partial charge in [-0.3, -0.25) is 10.1 Å². The first-order chi connectivity index (χ1) is 8.20. The molecule has 1 amide bonds. The summed E-state index contributed by atoms with van der Waals surface area (Å²) in [4.78, 5) is 19.7. The van der Waals surface area contributed by atoms with Gasteiger partial charge in [0.25, 0.3) is 5.91 Å². The summed E-state index contributed by atoms with van der Waals surface area (Å²) in [6.07, 6.45) is 3.33. The second kappa shape index (κ2) is 4.97. The molecule has 2 aromatic heterocycles. The van der Waals surface area contributed by atoms with Crippen molar-refractivity contribution in [3.8, 4) is 0 Å². The van der Waals surface area contributed by atoms with Crippen LogP contribution in [0.5, 0.6) is 0 Å². The summed E-state index contributed by atoms with van der Waals surface area (Å²) in [5, 5.41) is 2.89. The molecular formula is C11H11ClN4O. The first-order valence-electron chi connectivity index (χ1n) is 5.15. The SMILES string of the molecule is CCn1cccc1C(=O)Nc1nccc(Cl)n1. The minimum atomic E-state index is -0.251. The average Bonchev–Trinajstić information content (AvgIpc) is 2.77. The lowest BCUT2D eigenvalue weighted by atomic mass is 10.4. The van der Waals surface area contributed by atoms with Crippen LogP contribution in [0.25, 0.3) is 0 Å². The highest BCUT2D eigenvalue weighted by atomic mass is 35.5. The number of aromatic nitrogens is 3. The van der Waals surface area contributed by atoms with Crippen LogP contribution in [-0.4, -0.2) is 20.4 Å². The van der Waals surface area contributed by atoms with E-state index in [0.717, 1.165) is 6.54 Å². The molecule has 0 saturated carbocycles. The molecule has 17 heavy (non-hydrogen) atoms. The Morgan fingerprint density at radius 1 is 1.53 bits per heavy atom. The quantitative estimate of drug-likeness (QED) is 0.850. The molecule has 0 atom stereocenters. The molecule has 0 spiro atoms. The van der Waals surface area contributed by atoms with Crippen LogP contribution in [-0.2, 0) is 6.54 Å². The Morgan fingerprint density at radius 2 is 2.35 bits per heavy atom. The van der Waals surface area contributed by atoms with Crippen molar-refractivity contribution in [2.45, 2.75) is 13.5 Å². The summed E-state index contributed by atoms with van der Waals surface area (Å²) in [7, 11) is 0. The van der Waals surface area contributed by atoms with Crippen LogP contribution in [0, 0.1) is 0 Å². The zero-order chi connectivity index (χ0) is 12.3. The molecule has 0 fully saturated rings. The smallest absolute Gasteiger partial charge is 0.274 e. The standard InChI is InChI=1S/C11H11ClN4O/c1-2-16-7-3-4-8(16)10(17)15-11-13-6-5-9(12)14-11/h3-7H,2H2,1H3,(H,13,14,15,17). The summed E-state index contributed by atoms with van der Waals surface area (Å²) in [6.45, 7) is 2.69. The van der Waals surface area contributed by atoms with E-state index in [1.165, 1.54) is 6.20 Å². The van der Waals surface area contributed by atoms with Crippen molar-refractivity contribution in [1.82, 2.24) is 14.5 Å². The van der Waals surface area contributed by atoms with E-state index in [-0.39, 0.29) is 11.9 Å². The molecule has 88 valence electrons. The van der Waals surface area contributed by atoms with Crippen LogP contribution in [0.3, 0.4) is 0 Å². The molecule has 2 rings (SSSR count). The molecule has 6 heteroatoms. The first-order valence-corrected chi connectivity index (χ1v) is 5.53. The molecule has 0 aliphatic heterocycles. The third kappa shape index (κ3) is 2.62. The maximum Gasteiger partial charge on any atom is 0.274 e. The van der Waals surface area contributed by atoms with Gasteiger partial charge in [0.1, 0.15) is 10.8 Å². The van der Waals surface area contributed by atoms with E-state index in [9.17, 15) is 4.79 Å². The normalized spacial score (nSPS) is 10.2. The van der Waals surface area contributed by atoms with Crippen LogP contribution in [0.2, 0.25) is 5.15 Å². The highest BCUT2D eigenvalue weighted by Gasteiger charge is 2.11. The van der Waals surface area contributed by atoms with Crippen molar-refractivity contribution >= 4 is 23.5 Å². The monoisotopic (exact) mass is 250 g/mol. The highest BCUT2D eigenvalue weighted by molar-refractivity contribution is 6.29. The van der Waals surface area contributed by atoms with Crippen LogP contribution in [0.4, 0.5) is 5.95 Å². The van der Waals surface area contributed by atoms with Gasteiger partial charge in [0, 0.05) is 18.9 Å². The molecule has 0 radical (unpaired) electrons. The average molecular weight is 251 g/mol. The van der Waals surface area contributed by atoms with Crippen molar-refractivity contribution in [1.29, 1.82) is 0 Å². The molecule has 2 heterocycles. The van der Waals surface area contributed by atoms with Crippen LogP contribution < -0.4 is 5.32 Å². The molecule has 0 aliphatic carbocycles. The van der Waals surface area contributed by atoms with Crippen LogP contribution >= 0.6 is 11.6 Å². The van der Waals surface area contributed by atoms with Crippen LogP contribution in [0.1, 0.15) is 17.4 Å². The summed E-state index contributed by atoms with van der Waals surface area (Å²) < 4.78 is 1.83. The predicted molar refractivity (Wildman–Crippen MR) is 65.1 cm³/mol. The Morgan fingerprint density at radius 3 is 3.06 bits per heavy atom. The van der Waals surface area contributed by atoms with Crippen molar-refractivity contribution < 1.29 is 4.79 Å². The fraction of sp³-hybridized carbons (Fsp3) is 0.182. The van der Waals surface area contributed by atoms with Gasteiger partial charge in [-0.2, -0.15) is 0 Å². The lowest BCUT2D eigenvalue weighted by molar-refractivity contribution is 0.101. The molecule has 0 aromatic carbocycles. The van der Waals surface area contributed by atoms with Gasteiger partial charge in [-0.05, 0) is 25.1 Å². The Bertz CT molecular complexity index is 538. The fourth-order valence-electron chi connectivity index (χ4n) is 1.46. The second-order valence-corrected chi connectivity index (χ2v) is 3.72.